The molecule has 0 fully saturated rings. The van der Waals surface area contributed by atoms with Gasteiger partial charge in [0.15, 0.2) is 5.17 Å². The van der Waals surface area contributed by atoms with Crippen molar-refractivity contribution in [3.8, 4) is 0 Å². The van der Waals surface area contributed by atoms with E-state index in [-0.39, 0.29) is 10.7 Å². The van der Waals surface area contributed by atoms with Crippen molar-refractivity contribution < 1.29 is 9.60 Å². The highest BCUT2D eigenvalue weighted by atomic mass is 79.9. The molecule has 0 spiro atoms. The zero-order valence-corrected chi connectivity index (χ0v) is 8.10. The number of hydrogen-bond donors (Lipinski definition) is 1. The average molecular weight is 252 g/mol. The van der Waals surface area contributed by atoms with Gasteiger partial charge < -0.3 is 5.21 Å². The van der Waals surface area contributed by atoms with Crippen LogP contribution >= 0.6 is 27.5 Å². The minimum atomic E-state index is -0.535. The van der Waals surface area contributed by atoms with Gasteiger partial charge in [0.2, 0.25) is 0 Å². The number of benzene rings is 1. The molecule has 1 rings (SSSR count). The Morgan fingerprint density at radius 1 is 1.58 bits per heavy atom. The molecule has 5 heteroatoms. The summed E-state index contributed by atoms with van der Waals surface area (Å²) in [6.07, 6.45) is 0. The fraction of sp³-hybridized carbons (Fsp3) is 0. The summed E-state index contributed by atoms with van der Waals surface area (Å²) in [5.41, 5.74) is 0.0571. The molecule has 0 aliphatic carbocycles. The third-order valence-corrected chi connectivity index (χ3v) is 2.18. The van der Waals surface area contributed by atoms with Crippen LogP contribution in [0.2, 0.25) is 0 Å². The number of rotatable bonds is 1. The van der Waals surface area contributed by atoms with Crippen LogP contribution in [0.15, 0.2) is 27.8 Å². The normalized spacial score (nSPS) is 11.8. The Labute approximate surface area is 81.8 Å². The molecule has 1 aromatic rings. The second-order valence-electron chi connectivity index (χ2n) is 1.99. The maximum absolute atomic E-state index is 13.0. The largest absolute Gasteiger partial charge is 0.410 e. The van der Waals surface area contributed by atoms with E-state index in [1.54, 1.807) is 6.07 Å². The standard InChI is InChI=1S/C7H4BrClFNO/c8-4-2-1-3-5(10)6(4)7(9)11-12/h1-3,12H. The molecule has 12 heavy (non-hydrogen) atoms. The summed E-state index contributed by atoms with van der Waals surface area (Å²) in [5.74, 6) is -0.535. The van der Waals surface area contributed by atoms with Crippen LogP contribution in [0.3, 0.4) is 0 Å². The maximum atomic E-state index is 13.0. The Hall–Kier alpha value is -0.610. The van der Waals surface area contributed by atoms with E-state index >= 15 is 0 Å². The summed E-state index contributed by atoms with van der Waals surface area (Å²) in [4.78, 5) is 0. The van der Waals surface area contributed by atoms with E-state index in [2.05, 4.69) is 21.1 Å². The van der Waals surface area contributed by atoms with Gasteiger partial charge >= 0.3 is 0 Å². The molecule has 0 saturated heterocycles. The van der Waals surface area contributed by atoms with Crippen molar-refractivity contribution in [1.82, 2.24) is 0 Å². The third-order valence-electron chi connectivity index (χ3n) is 1.26. The van der Waals surface area contributed by atoms with E-state index < -0.39 is 5.82 Å². The van der Waals surface area contributed by atoms with Gasteiger partial charge in [-0.2, -0.15) is 0 Å². The second kappa shape index (κ2) is 3.87. The highest BCUT2D eigenvalue weighted by Crippen LogP contribution is 2.21. The van der Waals surface area contributed by atoms with Crippen molar-refractivity contribution in [3.63, 3.8) is 0 Å². The number of nitrogens with zero attached hydrogens (tertiary/aromatic N) is 1. The molecular formula is C7H4BrClFNO. The molecule has 0 amide bonds. The number of oxime groups is 1. The highest BCUT2D eigenvalue weighted by molar-refractivity contribution is 9.10. The van der Waals surface area contributed by atoms with Gasteiger partial charge in [0.25, 0.3) is 0 Å². The molecule has 0 saturated carbocycles. The molecule has 1 N–H and O–H groups in total. The third kappa shape index (κ3) is 1.76. The minimum absolute atomic E-state index is 0.0571. The smallest absolute Gasteiger partial charge is 0.179 e. The average Bonchev–Trinajstić information content (AvgIpc) is 2.03. The van der Waals surface area contributed by atoms with E-state index in [0.29, 0.717) is 4.47 Å². The fourth-order valence-corrected chi connectivity index (χ4v) is 1.58. The lowest BCUT2D eigenvalue weighted by atomic mass is 10.2. The first-order chi connectivity index (χ1) is 5.66. The monoisotopic (exact) mass is 251 g/mol. The first-order valence-corrected chi connectivity index (χ1v) is 4.16. The zero-order valence-electron chi connectivity index (χ0n) is 5.76. The van der Waals surface area contributed by atoms with Crippen LogP contribution in [-0.4, -0.2) is 10.4 Å². The van der Waals surface area contributed by atoms with Gasteiger partial charge in [-0.3, -0.25) is 0 Å². The topological polar surface area (TPSA) is 32.6 Å². The van der Waals surface area contributed by atoms with Gasteiger partial charge in [0, 0.05) is 4.47 Å². The van der Waals surface area contributed by atoms with Crippen LogP contribution in [0.1, 0.15) is 5.56 Å². The Kier molecular flexibility index (Phi) is 3.05. The molecule has 0 aliphatic heterocycles. The Bertz CT molecular complexity index is 309. The van der Waals surface area contributed by atoms with Crippen LogP contribution in [-0.2, 0) is 0 Å². The summed E-state index contributed by atoms with van der Waals surface area (Å²) >= 11 is 8.50. The first kappa shape index (κ1) is 9.48. The zero-order chi connectivity index (χ0) is 9.14. The van der Waals surface area contributed by atoms with Crippen LogP contribution in [0.25, 0.3) is 0 Å². The number of halogens is 3. The molecule has 0 unspecified atom stereocenters. The predicted molar refractivity (Wildman–Crippen MR) is 48.3 cm³/mol. The highest BCUT2D eigenvalue weighted by Gasteiger charge is 2.11. The van der Waals surface area contributed by atoms with Crippen molar-refractivity contribution in [2.24, 2.45) is 5.16 Å². The molecule has 0 atom stereocenters. The molecule has 0 aliphatic rings. The molecule has 0 heterocycles. The van der Waals surface area contributed by atoms with Crippen molar-refractivity contribution in [2.75, 3.05) is 0 Å². The van der Waals surface area contributed by atoms with E-state index in [4.69, 9.17) is 16.8 Å². The fourth-order valence-electron chi connectivity index (χ4n) is 0.745. The van der Waals surface area contributed by atoms with Crippen LogP contribution in [0, 0.1) is 5.82 Å². The SMILES string of the molecule is ON=C(Cl)c1c(F)cccc1Br. The van der Waals surface area contributed by atoms with E-state index in [9.17, 15) is 4.39 Å². The van der Waals surface area contributed by atoms with E-state index in [0.717, 1.165) is 0 Å². The molecular weight excluding hydrogens is 248 g/mol. The predicted octanol–water partition coefficient (Wildman–Crippen LogP) is 2.96. The lowest BCUT2D eigenvalue weighted by Gasteiger charge is -2.00. The van der Waals surface area contributed by atoms with Gasteiger partial charge in [0.05, 0.1) is 5.56 Å². The van der Waals surface area contributed by atoms with Crippen LogP contribution < -0.4 is 0 Å². The molecule has 2 nitrogen and oxygen atoms in total. The lowest BCUT2D eigenvalue weighted by molar-refractivity contribution is 0.320. The maximum Gasteiger partial charge on any atom is 0.179 e. The van der Waals surface area contributed by atoms with Crippen molar-refractivity contribution >= 4 is 32.7 Å². The van der Waals surface area contributed by atoms with Gasteiger partial charge in [-0.1, -0.05) is 22.8 Å². The van der Waals surface area contributed by atoms with Gasteiger partial charge in [0.1, 0.15) is 5.82 Å². The first-order valence-electron chi connectivity index (χ1n) is 2.98. The Morgan fingerprint density at radius 2 is 2.25 bits per heavy atom. The summed E-state index contributed by atoms with van der Waals surface area (Å²) in [7, 11) is 0. The van der Waals surface area contributed by atoms with Crippen LogP contribution in [0.4, 0.5) is 4.39 Å². The van der Waals surface area contributed by atoms with Gasteiger partial charge in [-0.25, -0.2) is 4.39 Å². The quantitative estimate of drug-likeness (QED) is 0.465. The van der Waals surface area contributed by atoms with Crippen molar-refractivity contribution in [3.05, 3.63) is 34.1 Å². The minimum Gasteiger partial charge on any atom is -0.410 e. The summed E-state index contributed by atoms with van der Waals surface area (Å²) in [5, 5.41) is 10.7. The molecule has 64 valence electrons. The molecule has 1 aromatic carbocycles. The van der Waals surface area contributed by atoms with Crippen LogP contribution in [0.5, 0.6) is 0 Å². The lowest BCUT2D eigenvalue weighted by Crippen LogP contribution is -1.97. The Balaban J connectivity index is 3.31. The molecule has 0 radical (unpaired) electrons. The summed E-state index contributed by atoms with van der Waals surface area (Å²) in [6, 6.07) is 4.35. The Morgan fingerprint density at radius 3 is 2.75 bits per heavy atom. The molecule has 0 bridgehead atoms. The van der Waals surface area contributed by atoms with Crippen molar-refractivity contribution in [1.29, 1.82) is 0 Å². The molecule has 0 aromatic heterocycles. The van der Waals surface area contributed by atoms with Crippen molar-refractivity contribution in [2.45, 2.75) is 0 Å². The summed E-state index contributed by atoms with van der Waals surface area (Å²) < 4.78 is 13.4. The number of hydrogen-bond acceptors (Lipinski definition) is 2. The van der Waals surface area contributed by atoms with Gasteiger partial charge in [-0.15, -0.1) is 0 Å². The summed E-state index contributed by atoms with van der Waals surface area (Å²) in [6.45, 7) is 0. The van der Waals surface area contributed by atoms with E-state index in [1.807, 2.05) is 0 Å². The van der Waals surface area contributed by atoms with Gasteiger partial charge in [-0.05, 0) is 28.1 Å². The second-order valence-corrected chi connectivity index (χ2v) is 3.20. The van der Waals surface area contributed by atoms with E-state index in [1.165, 1.54) is 12.1 Å².